The van der Waals surface area contributed by atoms with Crippen molar-refractivity contribution in [2.24, 2.45) is 0 Å². The van der Waals surface area contributed by atoms with Gasteiger partial charge >= 0.3 is 0 Å². The monoisotopic (exact) mass is 348 g/mol. The Morgan fingerprint density at radius 1 is 1.16 bits per heavy atom. The Hall–Kier alpha value is -2.28. The molecular formula is C18H24N2O5. The highest BCUT2D eigenvalue weighted by atomic mass is 16.5. The van der Waals surface area contributed by atoms with Crippen LogP contribution in [0, 0.1) is 0 Å². The van der Waals surface area contributed by atoms with E-state index in [4.69, 9.17) is 14.2 Å². The van der Waals surface area contributed by atoms with Crippen LogP contribution in [0.2, 0.25) is 0 Å². The largest absolute Gasteiger partial charge is 0.493 e. The van der Waals surface area contributed by atoms with Gasteiger partial charge in [0.1, 0.15) is 5.52 Å². The molecule has 1 aliphatic rings. The summed E-state index contributed by atoms with van der Waals surface area (Å²) in [6.07, 6.45) is 5.70. The van der Waals surface area contributed by atoms with E-state index in [9.17, 15) is 9.90 Å². The number of hydrogen-bond donors (Lipinski definition) is 1. The van der Waals surface area contributed by atoms with E-state index in [-0.39, 0.29) is 5.56 Å². The highest BCUT2D eigenvalue weighted by Crippen LogP contribution is 2.41. The summed E-state index contributed by atoms with van der Waals surface area (Å²) in [5, 5.41) is 10.9. The third-order valence-corrected chi connectivity index (χ3v) is 4.97. The molecule has 25 heavy (non-hydrogen) atoms. The average molecular weight is 348 g/mol. The van der Waals surface area contributed by atoms with Gasteiger partial charge in [-0.05, 0) is 25.3 Å². The number of aliphatic hydroxyl groups is 1. The van der Waals surface area contributed by atoms with E-state index < -0.39 is 5.60 Å². The first-order chi connectivity index (χ1) is 12.0. The van der Waals surface area contributed by atoms with Crippen molar-refractivity contribution < 1.29 is 19.3 Å². The molecule has 0 spiro atoms. The van der Waals surface area contributed by atoms with Crippen LogP contribution in [0.3, 0.4) is 0 Å². The Morgan fingerprint density at radius 3 is 2.44 bits per heavy atom. The van der Waals surface area contributed by atoms with Crippen molar-refractivity contribution >= 4 is 10.9 Å². The van der Waals surface area contributed by atoms with Crippen molar-refractivity contribution in [2.45, 2.75) is 44.2 Å². The summed E-state index contributed by atoms with van der Waals surface area (Å²) in [6, 6.07) is 1.62. The highest BCUT2D eigenvalue weighted by Gasteiger charge is 2.30. The van der Waals surface area contributed by atoms with Crippen LogP contribution < -0.4 is 19.8 Å². The van der Waals surface area contributed by atoms with Crippen molar-refractivity contribution in [1.82, 2.24) is 9.55 Å². The lowest BCUT2D eigenvalue weighted by Crippen LogP contribution is -2.29. The minimum Gasteiger partial charge on any atom is -0.493 e. The predicted octanol–water partition coefficient (Wildman–Crippen LogP) is 2.12. The molecule has 1 N–H and O–H groups in total. The maximum absolute atomic E-state index is 12.9. The van der Waals surface area contributed by atoms with Gasteiger partial charge in [-0.25, -0.2) is 4.98 Å². The summed E-state index contributed by atoms with van der Waals surface area (Å²) in [7, 11) is 4.52. The molecule has 0 atom stereocenters. The Morgan fingerprint density at radius 2 is 1.84 bits per heavy atom. The molecule has 1 aromatic heterocycles. The van der Waals surface area contributed by atoms with Gasteiger partial charge in [0.05, 0.1) is 38.6 Å². The third kappa shape index (κ3) is 3.16. The van der Waals surface area contributed by atoms with Crippen LogP contribution in [-0.2, 0) is 6.54 Å². The number of rotatable bonds is 6. The van der Waals surface area contributed by atoms with Gasteiger partial charge in [0.25, 0.3) is 5.56 Å². The summed E-state index contributed by atoms with van der Waals surface area (Å²) in [5.74, 6) is 1.19. The first-order valence-electron chi connectivity index (χ1n) is 8.43. The molecule has 0 radical (unpaired) electrons. The van der Waals surface area contributed by atoms with E-state index in [1.54, 1.807) is 6.07 Å². The van der Waals surface area contributed by atoms with Gasteiger partial charge in [-0.15, -0.1) is 0 Å². The number of hydrogen-bond acceptors (Lipinski definition) is 6. The van der Waals surface area contributed by atoms with Gasteiger partial charge in [-0.2, -0.15) is 0 Å². The van der Waals surface area contributed by atoms with E-state index >= 15 is 0 Å². The number of aromatic nitrogens is 2. The molecule has 2 aromatic rings. The zero-order valence-electron chi connectivity index (χ0n) is 14.9. The summed E-state index contributed by atoms with van der Waals surface area (Å²) >= 11 is 0. The van der Waals surface area contributed by atoms with Crippen LogP contribution in [-0.4, -0.2) is 41.6 Å². The molecule has 136 valence electrons. The standard InChI is InChI=1S/C18H24N2O5/c1-23-13-10-12-14(16(25-3)15(13)24-2)19-11-20(17(12)21)9-8-18(22)6-4-5-7-18/h10-11,22H,4-9H2,1-3H3. The normalized spacial score (nSPS) is 16.2. The molecular weight excluding hydrogens is 324 g/mol. The Bertz CT molecular complexity index is 824. The van der Waals surface area contributed by atoms with E-state index in [2.05, 4.69) is 4.98 Å². The summed E-state index contributed by atoms with van der Waals surface area (Å²) in [5.41, 5.74) is -0.421. The highest BCUT2D eigenvalue weighted by molar-refractivity contribution is 5.89. The SMILES string of the molecule is COc1cc2c(=O)n(CCC3(O)CCCC3)cnc2c(OC)c1OC. The third-order valence-electron chi connectivity index (χ3n) is 4.97. The molecule has 1 heterocycles. The van der Waals surface area contributed by atoms with Crippen molar-refractivity contribution in [2.75, 3.05) is 21.3 Å². The molecule has 0 aliphatic heterocycles. The molecule has 1 aromatic carbocycles. The van der Waals surface area contributed by atoms with Gasteiger partial charge in [0, 0.05) is 6.54 Å². The molecule has 0 bridgehead atoms. The van der Waals surface area contributed by atoms with Gasteiger partial charge < -0.3 is 19.3 Å². The Kier molecular flexibility index (Phi) is 4.85. The molecule has 1 aliphatic carbocycles. The number of fused-ring (bicyclic) bond motifs is 1. The Balaban J connectivity index is 2.03. The van der Waals surface area contributed by atoms with Crippen molar-refractivity contribution in [3.05, 3.63) is 22.7 Å². The van der Waals surface area contributed by atoms with Crippen LogP contribution in [0.5, 0.6) is 17.2 Å². The molecule has 1 saturated carbocycles. The minimum atomic E-state index is -0.663. The van der Waals surface area contributed by atoms with Crippen LogP contribution in [0.4, 0.5) is 0 Å². The van der Waals surface area contributed by atoms with Gasteiger partial charge in [-0.1, -0.05) is 12.8 Å². The summed E-state index contributed by atoms with van der Waals surface area (Å²) < 4.78 is 17.6. The molecule has 7 nitrogen and oxygen atoms in total. The second-order valence-electron chi connectivity index (χ2n) is 6.47. The molecule has 0 saturated heterocycles. The number of methoxy groups -OCH3 is 3. The van der Waals surface area contributed by atoms with E-state index in [1.807, 2.05) is 0 Å². The smallest absolute Gasteiger partial charge is 0.261 e. The van der Waals surface area contributed by atoms with Crippen molar-refractivity contribution in [3.8, 4) is 17.2 Å². The lowest BCUT2D eigenvalue weighted by atomic mass is 9.98. The van der Waals surface area contributed by atoms with Crippen LogP contribution >= 0.6 is 0 Å². The van der Waals surface area contributed by atoms with E-state index in [0.29, 0.717) is 41.1 Å². The quantitative estimate of drug-likeness (QED) is 0.861. The number of ether oxygens (including phenoxy) is 3. The molecule has 0 unspecified atom stereocenters. The molecule has 3 rings (SSSR count). The fraction of sp³-hybridized carbons (Fsp3) is 0.556. The fourth-order valence-corrected chi connectivity index (χ4v) is 3.54. The Labute approximate surface area is 146 Å². The van der Waals surface area contributed by atoms with Crippen LogP contribution in [0.1, 0.15) is 32.1 Å². The summed E-state index contributed by atoms with van der Waals surface area (Å²) in [6.45, 7) is 0.426. The van der Waals surface area contributed by atoms with Crippen molar-refractivity contribution in [1.29, 1.82) is 0 Å². The molecule has 7 heteroatoms. The molecule has 1 fully saturated rings. The predicted molar refractivity (Wildman–Crippen MR) is 93.7 cm³/mol. The minimum absolute atomic E-state index is 0.189. The zero-order valence-corrected chi connectivity index (χ0v) is 14.9. The summed E-state index contributed by atoms with van der Waals surface area (Å²) in [4.78, 5) is 17.2. The number of nitrogens with zero attached hydrogens (tertiary/aromatic N) is 2. The fourth-order valence-electron chi connectivity index (χ4n) is 3.54. The lowest BCUT2D eigenvalue weighted by Gasteiger charge is -2.22. The van der Waals surface area contributed by atoms with Gasteiger partial charge in [0.15, 0.2) is 11.5 Å². The average Bonchev–Trinajstić information content (AvgIpc) is 3.06. The first-order valence-corrected chi connectivity index (χ1v) is 8.43. The van der Waals surface area contributed by atoms with Crippen molar-refractivity contribution in [3.63, 3.8) is 0 Å². The van der Waals surface area contributed by atoms with Crippen LogP contribution in [0.25, 0.3) is 10.9 Å². The topological polar surface area (TPSA) is 82.8 Å². The maximum atomic E-state index is 12.9. The second-order valence-corrected chi connectivity index (χ2v) is 6.47. The van der Waals surface area contributed by atoms with Gasteiger partial charge in [-0.3, -0.25) is 9.36 Å². The van der Waals surface area contributed by atoms with E-state index in [0.717, 1.165) is 25.7 Å². The zero-order chi connectivity index (χ0) is 18.0. The lowest BCUT2D eigenvalue weighted by molar-refractivity contribution is 0.0342. The van der Waals surface area contributed by atoms with Gasteiger partial charge in [0.2, 0.25) is 5.75 Å². The number of aryl methyl sites for hydroxylation is 1. The van der Waals surface area contributed by atoms with E-state index in [1.165, 1.54) is 32.2 Å². The maximum Gasteiger partial charge on any atom is 0.261 e. The molecule has 0 amide bonds. The van der Waals surface area contributed by atoms with Crippen LogP contribution in [0.15, 0.2) is 17.2 Å². The second kappa shape index (κ2) is 6.92. The first kappa shape index (κ1) is 17.5. The number of benzene rings is 1.